The van der Waals surface area contributed by atoms with Gasteiger partial charge in [-0.05, 0) is 50.8 Å². The minimum atomic E-state index is 0. The van der Waals surface area contributed by atoms with Crippen LogP contribution in [0.15, 0.2) is 29.3 Å². The third-order valence-electron chi connectivity index (χ3n) is 5.98. The summed E-state index contributed by atoms with van der Waals surface area (Å²) in [5, 5.41) is 6.90. The van der Waals surface area contributed by atoms with Crippen LogP contribution in [0.5, 0.6) is 5.75 Å². The van der Waals surface area contributed by atoms with Gasteiger partial charge in [0.2, 0.25) is 0 Å². The molecule has 1 saturated heterocycles. The van der Waals surface area contributed by atoms with E-state index in [0.717, 1.165) is 37.8 Å². The number of nitrogens with zero attached hydrogens (tertiary/aromatic N) is 1. The third kappa shape index (κ3) is 6.99. The summed E-state index contributed by atoms with van der Waals surface area (Å²) in [5.74, 6) is 1.78. The molecule has 6 nitrogen and oxygen atoms in total. The van der Waals surface area contributed by atoms with Crippen LogP contribution in [0.25, 0.3) is 0 Å². The number of benzene rings is 1. The summed E-state index contributed by atoms with van der Waals surface area (Å²) in [6, 6.07) is 8.70. The molecule has 7 heteroatoms. The summed E-state index contributed by atoms with van der Waals surface area (Å²) in [7, 11) is 1.73. The summed E-state index contributed by atoms with van der Waals surface area (Å²) >= 11 is 0. The van der Waals surface area contributed by atoms with Gasteiger partial charge in [0.25, 0.3) is 0 Å². The number of hydrogen-bond acceptors (Lipinski definition) is 4. The molecular weight excluding hydrogens is 493 g/mol. The van der Waals surface area contributed by atoms with Crippen LogP contribution in [0.3, 0.4) is 0 Å². The zero-order valence-electron chi connectivity index (χ0n) is 18.6. The maximum Gasteiger partial charge on any atom is 0.191 e. The molecule has 1 saturated carbocycles. The molecule has 0 bridgehead atoms. The highest BCUT2D eigenvalue weighted by Crippen LogP contribution is 2.42. The van der Waals surface area contributed by atoms with E-state index in [1.54, 1.807) is 7.11 Å². The monoisotopic (exact) mass is 531 g/mol. The predicted molar refractivity (Wildman–Crippen MR) is 132 cm³/mol. The average molecular weight is 531 g/mol. The van der Waals surface area contributed by atoms with Gasteiger partial charge in [0.05, 0.1) is 33.0 Å². The highest BCUT2D eigenvalue weighted by Gasteiger charge is 2.36. The van der Waals surface area contributed by atoms with Crippen LogP contribution in [0.2, 0.25) is 0 Å². The summed E-state index contributed by atoms with van der Waals surface area (Å²) in [5.41, 5.74) is 1.43. The number of aliphatic imine (C=N–C) groups is 1. The van der Waals surface area contributed by atoms with Crippen molar-refractivity contribution in [1.29, 1.82) is 0 Å². The van der Waals surface area contributed by atoms with Crippen LogP contribution in [0.4, 0.5) is 0 Å². The number of hydrogen-bond donors (Lipinski definition) is 2. The second kappa shape index (κ2) is 12.7. The summed E-state index contributed by atoms with van der Waals surface area (Å²) in [6.45, 7) is 8.02. The zero-order valence-corrected chi connectivity index (χ0v) is 20.9. The largest absolute Gasteiger partial charge is 0.497 e. The van der Waals surface area contributed by atoms with Gasteiger partial charge < -0.3 is 24.8 Å². The first-order valence-corrected chi connectivity index (χ1v) is 11.0. The van der Waals surface area contributed by atoms with Gasteiger partial charge in [0, 0.05) is 24.6 Å². The number of rotatable bonds is 9. The molecule has 170 valence electrons. The lowest BCUT2D eigenvalue weighted by molar-refractivity contribution is 0.0347. The Balaban J connectivity index is 0.00000320. The Morgan fingerprint density at radius 2 is 2.13 bits per heavy atom. The van der Waals surface area contributed by atoms with Crippen molar-refractivity contribution in [3.63, 3.8) is 0 Å². The lowest BCUT2D eigenvalue weighted by Crippen LogP contribution is -2.45. The molecule has 3 rings (SSSR count). The molecule has 2 fully saturated rings. The molecule has 30 heavy (non-hydrogen) atoms. The van der Waals surface area contributed by atoms with Crippen molar-refractivity contribution in [3.8, 4) is 5.75 Å². The molecule has 1 aliphatic heterocycles. The Morgan fingerprint density at radius 1 is 1.33 bits per heavy atom. The normalized spacial score (nSPS) is 21.7. The minimum absolute atomic E-state index is 0. The number of ether oxygens (including phenoxy) is 3. The van der Waals surface area contributed by atoms with Crippen LogP contribution in [0.1, 0.15) is 51.5 Å². The number of nitrogens with one attached hydrogen (secondary N) is 2. The van der Waals surface area contributed by atoms with E-state index in [4.69, 9.17) is 19.2 Å². The van der Waals surface area contributed by atoms with E-state index in [1.165, 1.54) is 31.2 Å². The van der Waals surface area contributed by atoms with Gasteiger partial charge in [-0.25, -0.2) is 0 Å². The molecule has 1 aromatic carbocycles. The van der Waals surface area contributed by atoms with Crippen LogP contribution in [-0.2, 0) is 14.9 Å². The molecule has 0 spiro atoms. The fraction of sp³-hybridized carbons (Fsp3) is 0.696. The Bertz CT molecular complexity index is 659. The van der Waals surface area contributed by atoms with Gasteiger partial charge in [-0.3, -0.25) is 4.99 Å². The molecular formula is C23H38IN3O3. The van der Waals surface area contributed by atoms with Gasteiger partial charge in [0.15, 0.2) is 5.96 Å². The Labute approximate surface area is 198 Å². The molecule has 0 radical (unpaired) electrons. The maximum absolute atomic E-state index is 5.95. The van der Waals surface area contributed by atoms with E-state index in [-0.39, 0.29) is 41.5 Å². The lowest BCUT2D eigenvalue weighted by atomic mass is 9.79. The van der Waals surface area contributed by atoms with Crippen LogP contribution in [-0.4, -0.2) is 58.1 Å². The van der Waals surface area contributed by atoms with E-state index in [1.807, 2.05) is 6.07 Å². The summed E-state index contributed by atoms with van der Waals surface area (Å²) in [4.78, 5) is 4.99. The fourth-order valence-electron chi connectivity index (χ4n) is 4.29. The van der Waals surface area contributed by atoms with Crippen LogP contribution >= 0.6 is 24.0 Å². The predicted octanol–water partition coefficient (Wildman–Crippen LogP) is 3.87. The van der Waals surface area contributed by atoms with Crippen molar-refractivity contribution >= 4 is 29.9 Å². The molecule has 1 aromatic rings. The Hall–Kier alpha value is -1.06. The van der Waals surface area contributed by atoms with E-state index in [0.29, 0.717) is 13.2 Å². The van der Waals surface area contributed by atoms with Crippen molar-refractivity contribution < 1.29 is 14.2 Å². The lowest BCUT2D eigenvalue weighted by Gasteiger charge is -2.29. The molecule has 1 heterocycles. The number of methoxy groups -OCH3 is 1. The molecule has 2 unspecified atom stereocenters. The van der Waals surface area contributed by atoms with Gasteiger partial charge in [0.1, 0.15) is 5.75 Å². The first-order chi connectivity index (χ1) is 14.1. The first-order valence-electron chi connectivity index (χ1n) is 11.0. The van der Waals surface area contributed by atoms with Gasteiger partial charge in [-0.15, -0.1) is 24.0 Å². The van der Waals surface area contributed by atoms with E-state index < -0.39 is 0 Å². The zero-order chi connectivity index (χ0) is 20.5. The number of guanidine groups is 1. The van der Waals surface area contributed by atoms with Crippen molar-refractivity contribution in [2.45, 2.75) is 63.5 Å². The third-order valence-corrected chi connectivity index (χ3v) is 5.98. The smallest absolute Gasteiger partial charge is 0.191 e. The second-order valence-electron chi connectivity index (χ2n) is 8.28. The van der Waals surface area contributed by atoms with Gasteiger partial charge in [-0.1, -0.05) is 25.0 Å². The Kier molecular flexibility index (Phi) is 10.7. The molecule has 1 aliphatic carbocycles. The van der Waals surface area contributed by atoms with Crippen LogP contribution in [0, 0.1) is 0 Å². The van der Waals surface area contributed by atoms with Crippen molar-refractivity contribution in [1.82, 2.24) is 10.6 Å². The molecule has 0 amide bonds. The maximum atomic E-state index is 5.95. The molecule has 0 aromatic heterocycles. The van der Waals surface area contributed by atoms with Crippen molar-refractivity contribution in [2.75, 3.05) is 40.0 Å². The van der Waals surface area contributed by atoms with Crippen LogP contribution < -0.4 is 15.4 Å². The standard InChI is InChI=1S/C23H37N3O3.HI/c1-4-24-22(26-18(2)15-29-21-10-13-28-16-21)25-17-23(11-5-6-12-23)19-8-7-9-20(14-19)27-3;/h7-9,14,18,21H,4-6,10-13,15-17H2,1-3H3,(H2,24,25,26);1H. The highest BCUT2D eigenvalue weighted by atomic mass is 127. The molecule has 2 atom stereocenters. The minimum Gasteiger partial charge on any atom is -0.497 e. The Morgan fingerprint density at radius 3 is 2.80 bits per heavy atom. The molecule has 2 aliphatic rings. The van der Waals surface area contributed by atoms with E-state index in [2.05, 4.69) is 42.7 Å². The van der Waals surface area contributed by atoms with E-state index in [9.17, 15) is 0 Å². The van der Waals surface area contributed by atoms with E-state index >= 15 is 0 Å². The second-order valence-corrected chi connectivity index (χ2v) is 8.28. The van der Waals surface area contributed by atoms with Crippen molar-refractivity contribution in [3.05, 3.63) is 29.8 Å². The quantitative estimate of drug-likeness (QED) is 0.288. The summed E-state index contributed by atoms with van der Waals surface area (Å²) in [6.07, 6.45) is 6.07. The van der Waals surface area contributed by atoms with Crippen molar-refractivity contribution in [2.24, 2.45) is 4.99 Å². The highest BCUT2D eigenvalue weighted by molar-refractivity contribution is 14.0. The first kappa shape index (κ1) is 25.2. The molecule has 2 N–H and O–H groups in total. The van der Waals surface area contributed by atoms with Gasteiger partial charge in [-0.2, -0.15) is 0 Å². The summed E-state index contributed by atoms with van der Waals surface area (Å²) < 4.78 is 16.8. The number of halogens is 1. The van der Waals surface area contributed by atoms with Gasteiger partial charge >= 0.3 is 0 Å². The SMILES string of the molecule is CCNC(=NCC1(c2cccc(OC)c2)CCCC1)NC(C)COC1CCOC1.I. The average Bonchev–Trinajstić information content (AvgIpc) is 3.43. The fourth-order valence-corrected chi connectivity index (χ4v) is 4.29. The topological polar surface area (TPSA) is 64.1 Å².